The standard InChI is InChI=1S/C14H13N2O.C14H13N2S.C13H12N3O.C13H12N3S/c2*1-10-6-3-4-7-11(10)14-16(2)13-12(17-14)8-5-9-15-13;2*1-9-5-3-4-6-10(9)13-16(2)11-12(17-13)15-8-7-14-11/h2*3-9H,1-2H3;2*3-8H,1-2H3/q4*+1. The number of nitrogens with zero attached hydrogens (tertiary/aromatic N) is 10. The fraction of sp³-hybridized carbons (Fsp3) is 0.148. The van der Waals surface area contributed by atoms with Gasteiger partial charge in [-0.3, -0.25) is 0 Å². The maximum Gasteiger partial charge on any atom is 0.389 e. The minimum Gasteiger partial charge on any atom is -0.414 e. The number of benzene rings is 4. The second-order valence-electron chi connectivity index (χ2n) is 16.1. The van der Waals surface area contributed by atoms with Gasteiger partial charge in [0.25, 0.3) is 11.8 Å². The van der Waals surface area contributed by atoms with E-state index in [-0.39, 0.29) is 0 Å². The highest BCUT2D eigenvalue weighted by Gasteiger charge is 2.24. The van der Waals surface area contributed by atoms with Gasteiger partial charge >= 0.3 is 28.3 Å². The number of pyridine rings is 2. The summed E-state index contributed by atoms with van der Waals surface area (Å²) in [5.74, 6) is 1.63. The lowest BCUT2D eigenvalue weighted by molar-refractivity contribution is -0.639. The van der Waals surface area contributed by atoms with Crippen molar-refractivity contribution >= 4 is 66.1 Å². The highest BCUT2D eigenvalue weighted by molar-refractivity contribution is 7.21. The maximum absolute atomic E-state index is 5.87. The van der Waals surface area contributed by atoms with E-state index in [1.54, 1.807) is 53.7 Å². The molecule has 0 aliphatic carbocycles. The number of oxazole rings is 2. The van der Waals surface area contributed by atoms with Crippen LogP contribution in [0.25, 0.3) is 87.5 Å². The zero-order valence-electron chi connectivity index (χ0n) is 39.1. The Kier molecular flexibility index (Phi) is 13.2. The number of hydrogen-bond donors (Lipinski definition) is 0. The van der Waals surface area contributed by atoms with Crippen LogP contribution >= 0.6 is 22.7 Å². The summed E-state index contributed by atoms with van der Waals surface area (Å²) >= 11 is 3.47. The molecule has 0 bridgehead atoms. The van der Waals surface area contributed by atoms with E-state index < -0.39 is 0 Å². The molecule has 0 saturated heterocycles. The van der Waals surface area contributed by atoms with Crippen LogP contribution in [0, 0.1) is 27.7 Å². The molecule has 0 aliphatic heterocycles. The number of aryl methyl sites for hydroxylation is 8. The highest BCUT2D eigenvalue weighted by atomic mass is 32.1. The summed E-state index contributed by atoms with van der Waals surface area (Å²) in [6.45, 7) is 8.41. The summed E-state index contributed by atoms with van der Waals surface area (Å²) in [4.78, 5) is 26.9. The third-order valence-corrected chi connectivity index (χ3v) is 14.0. The quantitative estimate of drug-likeness (QED) is 0.160. The fourth-order valence-corrected chi connectivity index (χ4v) is 10.2. The largest absolute Gasteiger partial charge is 0.414 e. The zero-order chi connectivity index (χ0) is 47.3. The Morgan fingerprint density at radius 3 is 1.35 bits per heavy atom. The van der Waals surface area contributed by atoms with E-state index in [9.17, 15) is 0 Å². The Morgan fingerprint density at radius 2 is 0.809 bits per heavy atom. The van der Waals surface area contributed by atoms with Crippen molar-refractivity contribution < 1.29 is 27.1 Å². The van der Waals surface area contributed by atoms with E-state index in [0.717, 1.165) is 55.9 Å². The van der Waals surface area contributed by atoms with Crippen LogP contribution in [0.5, 0.6) is 0 Å². The lowest BCUT2D eigenvalue weighted by Gasteiger charge is -2.00. The molecule has 4 aromatic carbocycles. The van der Waals surface area contributed by atoms with Crippen LogP contribution in [0.2, 0.25) is 0 Å². The molecule has 0 fully saturated rings. The van der Waals surface area contributed by atoms with Crippen molar-refractivity contribution in [1.29, 1.82) is 0 Å². The van der Waals surface area contributed by atoms with Gasteiger partial charge in [-0.05, 0) is 118 Å². The van der Waals surface area contributed by atoms with Crippen LogP contribution in [-0.4, -0.2) is 29.9 Å². The van der Waals surface area contributed by atoms with Gasteiger partial charge in [-0.2, -0.15) is 9.13 Å². The van der Waals surface area contributed by atoms with Gasteiger partial charge in [0.1, 0.15) is 17.1 Å². The summed E-state index contributed by atoms with van der Waals surface area (Å²) in [5.41, 5.74) is 14.6. The van der Waals surface area contributed by atoms with Crippen molar-refractivity contribution in [1.82, 2.24) is 29.9 Å². The first-order valence-corrected chi connectivity index (χ1v) is 23.6. The normalized spacial score (nSPS) is 10.9. The van der Waals surface area contributed by atoms with E-state index in [2.05, 4.69) is 147 Å². The first kappa shape index (κ1) is 45.2. The summed E-state index contributed by atoms with van der Waals surface area (Å²) < 4.78 is 21.0. The molecule has 0 atom stereocenters. The van der Waals surface area contributed by atoms with E-state index in [0.29, 0.717) is 5.71 Å². The number of rotatable bonds is 4. The molecule has 12 nitrogen and oxygen atoms in total. The molecule has 0 spiro atoms. The Bertz CT molecular complexity index is 3240. The molecular weight excluding hydrogens is 885 g/mol. The molecule has 12 aromatic rings. The van der Waals surface area contributed by atoms with Crippen LogP contribution in [-0.2, 0) is 28.2 Å². The third-order valence-electron chi connectivity index (χ3n) is 11.6. The molecule has 12 rings (SSSR count). The Balaban J connectivity index is 0.000000113. The van der Waals surface area contributed by atoms with E-state index >= 15 is 0 Å². The molecule has 68 heavy (non-hydrogen) atoms. The highest BCUT2D eigenvalue weighted by Crippen LogP contribution is 2.30. The summed E-state index contributed by atoms with van der Waals surface area (Å²) in [5, 5.41) is 2.46. The smallest absolute Gasteiger partial charge is 0.389 e. The summed E-state index contributed by atoms with van der Waals surface area (Å²) in [7, 11) is 8.02. The van der Waals surface area contributed by atoms with Crippen molar-refractivity contribution in [3.8, 4) is 44.1 Å². The van der Waals surface area contributed by atoms with Crippen LogP contribution in [0.3, 0.4) is 0 Å². The van der Waals surface area contributed by atoms with E-state index in [4.69, 9.17) is 8.83 Å². The zero-order valence-corrected chi connectivity index (χ0v) is 40.7. The molecule has 0 N–H and O–H groups in total. The third kappa shape index (κ3) is 9.11. The topological polar surface area (TPSA) is 119 Å². The number of hydrogen-bond acceptors (Lipinski definition) is 10. The monoisotopic (exact) mass is 934 g/mol. The second kappa shape index (κ2) is 19.9. The molecule has 336 valence electrons. The van der Waals surface area contributed by atoms with Gasteiger partial charge in [-0.15, -0.1) is 0 Å². The summed E-state index contributed by atoms with van der Waals surface area (Å²) in [6.07, 6.45) is 10.4. The Hall–Kier alpha value is -7.94. The second-order valence-corrected chi connectivity index (χ2v) is 18.2. The van der Waals surface area contributed by atoms with E-state index in [1.165, 1.54) is 48.1 Å². The molecule has 0 aliphatic rings. The molecule has 0 amide bonds. The van der Waals surface area contributed by atoms with Gasteiger partial charge in [0.15, 0.2) is 22.4 Å². The minimum atomic E-state index is 0.563. The first-order valence-electron chi connectivity index (χ1n) is 22.0. The van der Waals surface area contributed by atoms with Crippen molar-refractivity contribution in [2.45, 2.75) is 27.7 Å². The molecule has 0 unspecified atom stereocenters. The molecule has 0 saturated carbocycles. The number of fused-ring (bicyclic) bond motifs is 4. The molecule has 14 heteroatoms. The number of thiazole rings is 2. The van der Waals surface area contributed by atoms with Gasteiger partial charge in [0, 0.05) is 11.1 Å². The predicted octanol–water partition coefficient (Wildman–Crippen LogP) is 10.2. The van der Waals surface area contributed by atoms with Crippen LogP contribution in [0.15, 0.2) is 167 Å². The van der Waals surface area contributed by atoms with Gasteiger partial charge < -0.3 is 8.83 Å². The van der Waals surface area contributed by atoms with Gasteiger partial charge in [0.2, 0.25) is 10.4 Å². The van der Waals surface area contributed by atoms with Crippen LogP contribution in [0.4, 0.5) is 0 Å². The first-order chi connectivity index (χ1) is 33.1. The van der Waals surface area contributed by atoms with Crippen molar-refractivity contribution in [2.75, 3.05) is 0 Å². The van der Waals surface area contributed by atoms with Crippen molar-refractivity contribution in [2.24, 2.45) is 28.2 Å². The van der Waals surface area contributed by atoms with Crippen LogP contribution in [0.1, 0.15) is 22.3 Å². The SMILES string of the molecule is Cc1ccccc1-c1oc2cccnc2[n+]1C.Cc1ccccc1-c1oc2nccnc2[n+]1C.Cc1ccccc1-c1sc2cccnc2[n+]1C.Cc1ccccc1-c1sc2nccnc2[n+]1C. The van der Waals surface area contributed by atoms with Crippen molar-refractivity contribution in [3.05, 3.63) is 181 Å². The molecule has 8 aromatic heterocycles. The van der Waals surface area contributed by atoms with Crippen LogP contribution < -0.4 is 18.3 Å². The maximum atomic E-state index is 5.87. The minimum absolute atomic E-state index is 0.563. The molecule has 0 radical (unpaired) electrons. The Labute approximate surface area is 401 Å². The van der Waals surface area contributed by atoms with Gasteiger partial charge in [0.05, 0.1) is 51.7 Å². The predicted molar refractivity (Wildman–Crippen MR) is 268 cm³/mol. The Morgan fingerprint density at radius 1 is 0.368 bits per heavy atom. The number of aromatic nitrogens is 10. The molecule has 8 heterocycles. The lowest BCUT2D eigenvalue weighted by Crippen LogP contribution is -2.29. The fourth-order valence-electron chi connectivity index (χ4n) is 7.91. The average Bonchev–Trinajstić information content (AvgIpc) is 4.10. The average molecular weight is 935 g/mol. The van der Waals surface area contributed by atoms with Gasteiger partial charge in [-0.25, -0.2) is 19.1 Å². The molecular formula is C54H50N10O2S2+4. The van der Waals surface area contributed by atoms with E-state index in [1.807, 2.05) is 85.0 Å². The van der Waals surface area contributed by atoms with Gasteiger partial charge in [-0.1, -0.05) is 95.5 Å². The van der Waals surface area contributed by atoms with Crippen molar-refractivity contribution in [3.63, 3.8) is 0 Å². The lowest BCUT2D eigenvalue weighted by atomic mass is 10.1. The summed E-state index contributed by atoms with van der Waals surface area (Å²) in [6, 6.07) is 41.1.